The fourth-order valence-corrected chi connectivity index (χ4v) is 5.51. The van der Waals surface area contributed by atoms with Crippen LogP contribution in [0.5, 0.6) is 5.75 Å². The molecule has 286 valence electrons. The predicted molar refractivity (Wildman–Crippen MR) is 216 cm³/mol. The quantitative estimate of drug-likeness (QED) is 0.0753. The number of amidine groups is 1. The van der Waals surface area contributed by atoms with E-state index in [9.17, 15) is 4.79 Å². The van der Waals surface area contributed by atoms with Crippen LogP contribution in [0.2, 0.25) is 0 Å². The van der Waals surface area contributed by atoms with Gasteiger partial charge in [0.15, 0.2) is 0 Å². The Morgan fingerprint density at radius 1 is 1.13 bits per heavy atom. The third kappa shape index (κ3) is 16.1. The van der Waals surface area contributed by atoms with Gasteiger partial charge in [-0.25, -0.2) is 4.99 Å². The number of hydrogen-bond donors (Lipinski definition) is 1. The van der Waals surface area contributed by atoms with Crippen LogP contribution in [0.25, 0.3) is 17.3 Å². The van der Waals surface area contributed by atoms with Crippen LogP contribution in [0.15, 0.2) is 47.2 Å². The van der Waals surface area contributed by atoms with Crippen LogP contribution >= 0.6 is 0 Å². The van der Waals surface area contributed by atoms with E-state index in [0.29, 0.717) is 13.1 Å². The molecule has 0 radical (unpaired) electrons. The van der Waals surface area contributed by atoms with Crippen LogP contribution < -0.4 is 10.1 Å². The number of nitrogens with one attached hydrogen (secondary N) is 1. The third-order valence-corrected chi connectivity index (χ3v) is 8.70. The first-order valence-corrected chi connectivity index (χ1v) is 18.7. The second-order valence-corrected chi connectivity index (χ2v) is 14.2. The molecule has 1 saturated heterocycles. The molecule has 2 aromatic heterocycles. The molecule has 1 amide bonds. The first-order valence-electron chi connectivity index (χ1n) is 18.7. The van der Waals surface area contributed by atoms with Crippen molar-refractivity contribution in [2.24, 2.45) is 18.0 Å². The number of amides is 1. The summed E-state index contributed by atoms with van der Waals surface area (Å²) in [7, 11) is 3.61. The smallest absolute Gasteiger partial charge is 0.520 e. The zero-order valence-electron chi connectivity index (χ0n) is 34.2. The molecule has 0 aliphatic carbocycles. The van der Waals surface area contributed by atoms with Crippen LogP contribution in [0.4, 0.5) is 11.5 Å². The summed E-state index contributed by atoms with van der Waals surface area (Å²) >= 11 is 0. The van der Waals surface area contributed by atoms with Crippen molar-refractivity contribution in [3.05, 3.63) is 59.3 Å². The topological polar surface area (TPSA) is 85.9 Å². The normalized spacial score (nSPS) is 14.1. The van der Waals surface area contributed by atoms with E-state index in [-0.39, 0.29) is 37.2 Å². The first kappa shape index (κ1) is 47.2. The number of methoxy groups -OCH3 is 1. The van der Waals surface area contributed by atoms with Gasteiger partial charge in [-0.1, -0.05) is 51.8 Å². The zero-order chi connectivity index (χ0) is 37.9. The Morgan fingerprint density at radius 3 is 2.35 bits per heavy atom. The number of carbonyl (C=O) groups excluding carboxylic acids is 1. The number of aromatic nitrogens is 3. The Balaban J connectivity index is 0.000000765. The Labute approximate surface area is 339 Å². The van der Waals surface area contributed by atoms with Gasteiger partial charge in [0, 0.05) is 43.6 Å². The van der Waals surface area contributed by atoms with Crippen LogP contribution in [-0.2, 0) is 16.6 Å². The van der Waals surface area contributed by atoms with E-state index >= 15 is 0 Å². The molecule has 1 fully saturated rings. The van der Waals surface area contributed by atoms with Crippen molar-refractivity contribution in [1.82, 2.24) is 19.2 Å². The van der Waals surface area contributed by atoms with Crippen LogP contribution in [0, 0.1) is 49.9 Å². The van der Waals surface area contributed by atoms with Crippen LogP contribution in [-0.4, -0.2) is 64.9 Å². The molecule has 3 heterocycles. The maximum absolute atomic E-state index is 11.2. The van der Waals surface area contributed by atoms with Crippen molar-refractivity contribution in [1.29, 1.82) is 0 Å². The predicted octanol–water partition coefficient (Wildman–Crippen LogP) is 10.4. The standard InChI is InChI=1S/C29H37N6O2.C9H20O.C4H9.U/c1-7-20(2)14-23-16-27(24-17-30-33(5)18-24)35(25-10-12-34(19-36)13-11-25)29(23)32-22(4)31-26-9-8-21(3)15-28(26)37-6;1-4-7-10-8-6-9(3)5-2;1-4(2)3;/h8-9,14-18,25H,7,10-13H2,1-6H3,(H,31,32);9H,4-8H2,1-3H3;1-3H3;/q-1;;-1;+2. The van der Waals surface area contributed by atoms with Gasteiger partial charge in [0.2, 0.25) is 0 Å². The summed E-state index contributed by atoms with van der Waals surface area (Å²) < 4.78 is 15.1. The summed E-state index contributed by atoms with van der Waals surface area (Å²) in [4.78, 5) is 18.1. The van der Waals surface area contributed by atoms with Gasteiger partial charge in [0.05, 0.1) is 24.7 Å². The number of aliphatic imine (C=N–C) groups is 1. The third-order valence-electron chi connectivity index (χ3n) is 8.70. The largest absolute Gasteiger partial charge is 2.00 e. The number of nitrogens with zero attached hydrogens (tertiary/aromatic N) is 5. The van der Waals surface area contributed by atoms with Crippen molar-refractivity contribution >= 4 is 29.8 Å². The summed E-state index contributed by atoms with van der Waals surface area (Å²) in [6, 6.07) is 8.49. The molecule has 52 heavy (non-hydrogen) atoms. The zero-order valence-corrected chi connectivity index (χ0v) is 38.4. The van der Waals surface area contributed by atoms with E-state index in [2.05, 4.69) is 95.0 Å². The van der Waals surface area contributed by atoms with E-state index in [4.69, 9.17) is 14.5 Å². The monoisotopic (exact) mass is 941 g/mol. The number of anilines is 1. The average molecular weight is 941 g/mol. The van der Waals surface area contributed by atoms with Crippen molar-refractivity contribution in [2.45, 2.75) is 114 Å². The van der Waals surface area contributed by atoms with Crippen molar-refractivity contribution in [3.8, 4) is 17.0 Å². The Morgan fingerprint density at radius 2 is 1.81 bits per heavy atom. The maximum Gasteiger partial charge on any atom is 2.00 e. The van der Waals surface area contributed by atoms with E-state index in [1.165, 1.54) is 24.3 Å². The molecule has 1 aromatic carbocycles. The number of ether oxygens (including phenoxy) is 2. The van der Waals surface area contributed by atoms with Gasteiger partial charge in [0.1, 0.15) is 17.4 Å². The molecule has 1 N–H and O–H groups in total. The molecule has 1 unspecified atom stereocenters. The number of likely N-dealkylation sites (tertiary alicyclic amines) is 1. The molecule has 1 atom stereocenters. The fourth-order valence-electron chi connectivity index (χ4n) is 5.51. The molecule has 3 aromatic rings. The van der Waals surface area contributed by atoms with E-state index in [1.807, 2.05) is 50.1 Å². The molecular weight excluding hydrogens is 875 g/mol. The van der Waals surface area contributed by atoms with Crippen LogP contribution in [0.3, 0.4) is 0 Å². The first-order chi connectivity index (χ1) is 24.4. The molecule has 10 heteroatoms. The van der Waals surface area contributed by atoms with Crippen molar-refractivity contribution < 1.29 is 45.4 Å². The van der Waals surface area contributed by atoms with Gasteiger partial charge >= 0.3 is 31.1 Å². The van der Waals surface area contributed by atoms with E-state index < -0.39 is 0 Å². The van der Waals surface area contributed by atoms with Gasteiger partial charge in [-0.2, -0.15) is 32.3 Å². The fraction of sp³-hybridized carbons (Fsp3) is 0.571. The van der Waals surface area contributed by atoms with Crippen molar-refractivity contribution in [2.75, 3.05) is 38.7 Å². The molecule has 1 aliphatic heterocycles. The second-order valence-electron chi connectivity index (χ2n) is 14.2. The summed E-state index contributed by atoms with van der Waals surface area (Å²) in [5, 5.41) is 7.88. The number of hydrogen-bond acceptors (Lipinski definition) is 5. The molecule has 4 rings (SSSR count). The Kier molecular flexibility index (Phi) is 22.9. The van der Waals surface area contributed by atoms with Crippen LogP contribution in [0.1, 0.15) is 118 Å². The average Bonchev–Trinajstić information content (AvgIpc) is 3.70. The molecular formula is C42H66N6O3U. The maximum atomic E-state index is 11.2. The molecule has 9 nitrogen and oxygen atoms in total. The summed E-state index contributed by atoms with van der Waals surface area (Å²) in [6.07, 6.45) is 14.5. The summed E-state index contributed by atoms with van der Waals surface area (Å²) in [5.74, 6) is 4.69. The van der Waals surface area contributed by atoms with Gasteiger partial charge in [-0.15, -0.1) is 0 Å². The minimum Gasteiger partial charge on any atom is -0.520 e. The number of aryl methyl sites for hydroxylation is 2. The van der Waals surface area contributed by atoms with E-state index in [1.54, 1.807) is 12.0 Å². The molecule has 0 bridgehead atoms. The second kappa shape index (κ2) is 25.3. The van der Waals surface area contributed by atoms with Gasteiger partial charge in [0.25, 0.3) is 0 Å². The number of rotatable bonds is 14. The van der Waals surface area contributed by atoms with Crippen molar-refractivity contribution in [3.63, 3.8) is 0 Å². The van der Waals surface area contributed by atoms with E-state index in [0.717, 1.165) is 90.3 Å². The number of piperidine rings is 1. The minimum atomic E-state index is 0. The summed E-state index contributed by atoms with van der Waals surface area (Å²) in [6.45, 7) is 24.5. The Hall–Kier alpha value is -2.80. The van der Waals surface area contributed by atoms with Gasteiger partial charge < -0.3 is 35.0 Å². The minimum absolute atomic E-state index is 0. The number of allylic oxidation sites excluding steroid dienone is 1. The molecule has 0 saturated carbocycles. The Bertz CT molecular complexity index is 1510. The van der Waals surface area contributed by atoms with Gasteiger partial charge in [-0.05, 0) is 95.6 Å². The number of benzene rings is 1. The molecule has 0 spiro atoms. The summed E-state index contributed by atoms with van der Waals surface area (Å²) in [5.41, 5.74) is 6.48. The SMILES string of the molecule is CCC(C)=Cc1cc(-c2cnn(C)c2)n(C2CCN([C-]=O)CC2)c1/N=C(\C)Nc1ccc(C)cc1OC.CCCOCCC(C)CC.C[C-](C)C.[U+2]. The van der Waals surface area contributed by atoms with Gasteiger partial charge in [-0.3, -0.25) is 4.68 Å². The molecule has 1 aliphatic rings.